The summed E-state index contributed by atoms with van der Waals surface area (Å²) in [4.78, 5) is 13.2. The minimum absolute atomic E-state index is 0.144. The van der Waals surface area contributed by atoms with Crippen molar-refractivity contribution in [1.29, 1.82) is 0 Å². The Morgan fingerprint density at radius 2 is 2.20 bits per heavy atom. The number of hydrogen-bond donors (Lipinski definition) is 2. The molecule has 1 fully saturated rings. The van der Waals surface area contributed by atoms with Crippen molar-refractivity contribution in [1.82, 2.24) is 24.6 Å². The van der Waals surface area contributed by atoms with Gasteiger partial charge in [0.05, 0.1) is 41.0 Å². The van der Waals surface area contributed by atoms with Gasteiger partial charge in [-0.1, -0.05) is 0 Å². The SMILES string of the molecule is CC1(C)CC(Nc2nc(-c3cnn4ccncc34)ncc2N)CCO1. The standard InChI is InChI=1S/C17H21N7O/c1-17(2)7-11(3-6-25-17)22-16-13(18)9-20-15(23-16)12-8-21-24-5-4-19-10-14(12)24/h4-5,8-11H,3,6-7,18H2,1-2H3,(H,20,22,23). The third-order valence-electron chi connectivity index (χ3n) is 4.42. The Morgan fingerprint density at radius 1 is 1.32 bits per heavy atom. The van der Waals surface area contributed by atoms with Gasteiger partial charge in [-0.25, -0.2) is 14.5 Å². The highest BCUT2D eigenvalue weighted by Crippen LogP contribution is 2.29. The zero-order valence-electron chi connectivity index (χ0n) is 14.3. The van der Waals surface area contributed by atoms with Crippen LogP contribution in [-0.4, -0.2) is 42.8 Å². The van der Waals surface area contributed by atoms with E-state index in [1.54, 1.807) is 35.5 Å². The Labute approximate surface area is 145 Å². The number of nitrogen functional groups attached to an aromatic ring is 1. The number of rotatable bonds is 3. The Kier molecular flexibility index (Phi) is 3.76. The lowest BCUT2D eigenvalue weighted by atomic mass is 9.94. The maximum Gasteiger partial charge on any atom is 0.165 e. The van der Waals surface area contributed by atoms with Gasteiger partial charge in [0.2, 0.25) is 0 Å². The molecule has 25 heavy (non-hydrogen) atoms. The third-order valence-corrected chi connectivity index (χ3v) is 4.42. The summed E-state index contributed by atoms with van der Waals surface area (Å²) in [6, 6.07) is 0.263. The summed E-state index contributed by atoms with van der Waals surface area (Å²) in [6.45, 7) is 4.92. The summed E-state index contributed by atoms with van der Waals surface area (Å²) >= 11 is 0. The molecule has 130 valence electrons. The van der Waals surface area contributed by atoms with Crippen LogP contribution in [0, 0.1) is 0 Å². The first kappa shape index (κ1) is 15.8. The summed E-state index contributed by atoms with van der Waals surface area (Å²) in [6.07, 6.45) is 10.4. The minimum Gasteiger partial charge on any atom is -0.394 e. The molecule has 1 atom stereocenters. The minimum atomic E-state index is -0.144. The fourth-order valence-electron chi connectivity index (χ4n) is 3.19. The van der Waals surface area contributed by atoms with Crippen molar-refractivity contribution in [2.24, 2.45) is 0 Å². The molecule has 0 aromatic carbocycles. The number of ether oxygens (including phenoxy) is 1. The van der Waals surface area contributed by atoms with Gasteiger partial charge in [0, 0.05) is 25.0 Å². The average Bonchev–Trinajstić information content (AvgIpc) is 3.00. The molecule has 1 aliphatic heterocycles. The van der Waals surface area contributed by atoms with Gasteiger partial charge in [0.15, 0.2) is 11.6 Å². The van der Waals surface area contributed by atoms with Crippen LogP contribution < -0.4 is 11.1 Å². The topological polar surface area (TPSA) is 103 Å². The zero-order valence-corrected chi connectivity index (χ0v) is 14.3. The molecule has 4 heterocycles. The van der Waals surface area contributed by atoms with Crippen molar-refractivity contribution in [3.8, 4) is 11.4 Å². The van der Waals surface area contributed by atoms with Gasteiger partial charge in [-0.2, -0.15) is 5.10 Å². The molecule has 0 aliphatic carbocycles. The summed E-state index contributed by atoms with van der Waals surface area (Å²) in [5, 5.41) is 7.77. The normalized spacial score (nSPS) is 19.8. The maximum atomic E-state index is 6.09. The molecular formula is C17H21N7O. The lowest BCUT2D eigenvalue weighted by Crippen LogP contribution is -2.40. The Balaban J connectivity index is 1.65. The zero-order chi connectivity index (χ0) is 17.4. The van der Waals surface area contributed by atoms with Crippen LogP contribution >= 0.6 is 0 Å². The number of aromatic nitrogens is 5. The lowest BCUT2D eigenvalue weighted by molar-refractivity contribution is -0.0553. The van der Waals surface area contributed by atoms with E-state index in [1.807, 2.05) is 0 Å². The molecule has 3 N–H and O–H groups in total. The van der Waals surface area contributed by atoms with E-state index < -0.39 is 0 Å². The number of anilines is 2. The van der Waals surface area contributed by atoms with Crippen LogP contribution in [0.5, 0.6) is 0 Å². The van der Waals surface area contributed by atoms with Crippen molar-refractivity contribution in [3.63, 3.8) is 0 Å². The summed E-state index contributed by atoms with van der Waals surface area (Å²) in [7, 11) is 0. The molecule has 0 spiro atoms. The van der Waals surface area contributed by atoms with Gasteiger partial charge < -0.3 is 15.8 Å². The van der Waals surface area contributed by atoms with Crippen molar-refractivity contribution < 1.29 is 4.74 Å². The van der Waals surface area contributed by atoms with Gasteiger partial charge in [0.25, 0.3) is 0 Å². The second kappa shape index (κ2) is 5.96. The Hall–Kier alpha value is -2.74. The second-order valence-electron chi connectivity index (χ2n) is 6.90. The molecule has 3 aromatic heterocycles. The first-order valence-corrected chi connectivity index (χ1v) is 8.32. The monoisotopic (exact) mass is 339 g/mol. The fourth-order valence-corrected chi connectivity index (χ4v) is 3.19. The third kappa shape index (κ3) is 3.12. The van der Waals surface area contributed by atoms with E-state index in [1.165, 1.54) is 0 Å². The summed E-state index contributed by atoms with van der Waals surface area (Å²) in [5.74, 6) is 1.22. The van der Waals surface area contributed by atoms with Gasteiger partial charge in [-0.3, -0.25) is 4.98 Å². The first-order chi connectivity index (χ1) is 12.0. The van der Waals surface area contributed by atoms with Gasteiger partial charge in [-0.05, 0) is 26.7 Å². The quantitative estimate of drug-likeness (QED) is 0.753. The van der Waals surface area contributed by atoms with Gasteiger partial charge >= 0.3 is 0 Å². The highest BCUT2D eigenvalue weighted by atomic mass is 16.5. The Bertz CT molecular complexity index is 905. The smallest absolute Gasteiger partial charge is 0.165 e. The second-order valence-corrected chi connectivity index (χ2v) is 6.90. The van der Waals surface area contributed by atoms with Crippen LogP contribution in [-0.2, 0) is 4.74 Å². The van der Waals surface area contributed by atoms with E-state index in [0.717, 1.165) is 30.5 Å². The van der Waals surface area contributed by atoms with E-state index in [-0.39, 0.29) is 11.6 Å². The van der Waals surface area contributed by atoms with E-state index in [2.05, 4.69) is 39.2 Å². The molecule has 8 heteroatoms. The van der Waals surface area contributed by atoms with Gasteiger partial charge in [-0.15, -0.1) is 0 Å². The highest BCUT2D eigenvalue weighted by Gasteiger charge is 2.29. The molecular weight excluding hydrogens is 318 g/mol. The van der Waals surface area contributed by atoms with E-state index in [9.17, 15) is 0 Å². The van der Waals surface area contributed by atoms with Crippen LogP contribution in [0.4, 0.5) is 11.5 Å². The molecule has 1 saturated heterocycles. The predicted octanol–water partition coefficient (Wildman–Crippen LogP) is 2.14. The summed E-state index contributed by atoms with van der Waals surface area (Å²) < 4.78 is 7.52. The molecule has 1 aliphatic rings. The molecule has 4 rings (SSSR count). The predicted molar refractivity (Wildman–Crippen MR) is 95.1 cm³/mol. The number of nitrogens with zero attached hydrogens (tertiary/aromatic N) is 5. The van der Waals surface area contributed by atoms with Crippen LogP contribution in [0.3, 0.4) is 0 Å². The van der Waals surface area contributed by atoms with E-state index >= 15 is 0 Å². The number of nitrogens with two attached hydrogens (primary N) is 1. The largest absolute Gasteiger partial charge is 0.394 e. The number of fused-ring (bicyclic) bond motifs is 1. The van der Waals surface area contributed by atoms with Crippen molar-refractivity contribution in [2.45, 2.75) is 38.3 Å². The molecule has 8 nitrogen and oxygen atoms in total. The van der Waals surface area contributed by atoms with Crippen LogP contribution in [0.1, 0.15) is 26.7 Å². The van der Waals surface area contributed by atoms with Crippen molar-refractivity contribution in [3.05, 3.63) is 31.0 Å². The Morgan fingerprint density at radius 3 is 3.04 bits per heavy atom. The van der Waals surface area contributed by atoms with Crippen molar-refractivity contribution in [2.75, 3.05) is 17.7 Å². The summed E-state index contributed by atoms with van der Waals surface area (Å²) in [5.41, 5.74) is 8.15. The van der Waals surface area contributed by atoms with E-state index in [4.69, 9.17) is 10.5 Å². The maximum absolute atomic E-state index is 6.09. The van der Waals surface area contributed by atoms with Crippen molar-refractivity contribution >= 4 is 17.0 Å². The van der Waals surface area contributed by atoms with Crippen LogP contribution in [0.25, 0.3) is 16.9 Å². The molecule has 3 aromatic rings. The fraction of sp³-hybridized carbons (Fsp3) is 0.412. The molecule has 0 radical (unpaired) electrons. The first-order valence-electron chi connectivity index (χ1n) is 8.32. The average molecular weight is 339 g/mol. The van der Waals surface area contributed by atoms with Crippen LogP contribution in [0.2, 0.25) is 0 Å². The van der Waals surface area contributed by atoms with Gasteiger partial charge in [0.1, 0.15) is 0 Å². The van der Waals surface area contributed by atoms with Crippen LogP contribution in [0.15, 0.2) is 31.0 Å². The highest BCUT2D eigenvalue weighted by molar-refractivity contribution is 5.76. The number of hydrogen-bond acceptors (Lipinski definition) is 7. The molecule has 1 unspecified atom stereocenters. The molecule has 0 saturated carbocycles. The molecule has 0 amide bonds. The van der Waals surface area contributed by atoms with E-state index in [0.29, 0.717) is 17.3 Å². The lowest BCUT2D eigenvalue weighted by Gasteiger charge is -2.36. The molecule has 0 bridgehead atoms. The number of nitrogens with one attached hydrogen (secondary N) is 1.